The van der Waals surface area contributed by atoms with Gasteiger partial charge in [0.15, 0.2) is 0 Å². The third kappa shape index (κ3) is 6.12. The van der Waals surface area contributed by atoms with Crippen molar-refractivity contribution >= 4 is 0 Å². The number of nitrogens with one attached hydrogen (secondary N) is 1. The van der Waals surface area contributed by atoms with Crippen molar-refractivity contribution in [3.8, 4) is 0 Å². The maximum Gasteiger partial charge on any atom is 0.126 e. The minimum absolute atomic E-state index is 0.0976. The predicted octanol–water partition coefficient (Wildman–Crippen LogP) is 2.69. The summed E-state index contributed by atoms with van der Waals surface area (Å²) in [6.07, 6.45) is 3.11. The van der Waals surface area contributed by atoms with Gasteiger partial charge in [0, 0.05) is 6.04 Å². The van der Waals surface area contributed by atoms with Crippen LogP contribution in [0.25, 0.3) is 0 Å². The summed E-state index contributed by atoms with van der Waals surface area (Å²) in [4.78, 5) is 2.20. The van der Waals surface area contributed by atoms with E-state index in [-0.39, 0.29) is 5.82 Å². The first-order valence-corrected chi connectivity index (χ1v) is 6.71. The van der Waals surface area contributed by atoms with Crippen LogP contribution in [-0.4, -0.2) is 38.1 Å². The van der Waals surface area contributed by atoms with Crippen molar-refractivity contribution < 1.29 is 4.39 Å². The maximum absolute atomic E-state index is 13.4. The number of nitrogens with zero attached hydrogens (tertiary/aromatic N) is 1. The van der Waals surface area contributed by atoms with Crippen LogP contribution < -0.4 is 5.32 Å². The van der Waals surface area contributed by atoms with Crippen molar-refractivity contribution in [3.63, 3.8) is 0 Å². The van der Waals surface area contributed by atoms with E-state index in [2.05, 4.69) is 31.2 Å². The monoisotopic (exact) mass is 252 g/mol. The summed E-state index contributed by atoms with van der Waals surface area (Å²) in [5.41, 5.74) is 0.797. The van der Waals surface area contributed by atoms with E-state index in [1.807, 2.05) is 12.1 Å². The van der Waals surface area contributed by atoms with Crippen LogP contribution in [0.3, 0.4) is 0 Å². The van der Waals surface area contributed by atoms with Crippen molar-refractivity contribution in [1.29, 1.82) is 0 Å². The Labute approximate surface area is 110 Å². The average molecular weight is 252 g/mol. The summed E-state index contributed by atoms with van der Waals surface area (Å²) in [5.74, 6) is -0.0976. The summed E-state index contributed by atoms with van der Waals surface area (Å²) >= 11 is 0. The SMILES string of the molecule is C[C@H](CCCN(C)C)NCCc1ccccc1F. The Morgan fingerprint density at radius 1 is 1.28 bits per heavy atom. The molecule has 0 spiro atoms. The Hall–Kier alpha value is -0.930. The van der Waals surface area contributed by atoms with Crippen molar-refractivity contribution in [2.75, 3.05) is 27.2 Å². The fraction of sp³-hybridized carbons (Fsp3) is 0.600. The van der Waals surface area contributed by atoms with Crippen LogP contribution in [0.1, 0.15) is 25.3 Å². The number of benzene rings is 1. The molecule has 2 nitrogen and oxygen atoms in total. The molecule has 3 heteroatoms. The van der Waals surface area contributed by atoms with Gasteiger partial charge in [-0.2, -0.15) is 0 Å². The van der Waals surface area contributed by atoms with E-state index in [0.717, 1.165) is 31.5 Å². The highest BCUT2D eigenvalue weighted by atomic mass is 19.1. The van der Waals surface area contributed by atoms with E-state index in [0.29, 0.717) is 6.04 Å². The molecule has 0 fully saturated rings. The number of rotatable bonds is 8. The zero-order valence-corrected chi connectivity index (χ0v) is 11.7. The van der Waals surface area contributed by atoms with E-state index >= 15 is 0 Å². The summed E-state index contributed by atoms with van der Waals surface area (Å²) in [6, 6.07) is 7.50. The van der Waals surface area contributed by atoms with Crippen molar-refractivity contribution in [3.05, 3.63) is 35.6 Å². The second-order valence-electron chi connectivity index (χ2n) is 5.14. The van der Waals surface area contributed by atoms with Gasteiger partial charge in [-0.15, -0.1) is 0 Å². The summed E-state index contributed by atoms with van der Waals surface area (Å²) in [7, 11) is 4.19. The van der Waals surface area contributed by atoms with Crippen LogP contribution >= 0.6 is 0 Å². The molecule has 0 radical (unpaired) electrons. The molecule has 0 aliphatic rings. The van der Waals surface area contributed by atoms with Crippen molar-refractivity contribution in [1.82, 2.24) is 10.2 Å². The van der Waals surface area contributed by atoms with Crippen LogP contribution in [0, 0.1) is 5.82 Å². The third-order valence-electron chi connectivity index (χ3n) is 3.09. The standard InChI is InChI=1S/C15H25FN2/c1-13(7-6-12-18(2)3)17-11-10-14-8-4-5-9-15(14)16/h4-5,8-9,13,17H,6-7,10-12H2,1-3H3/t13-/m1/s1. The molecule has 1 aromatic rings. The highest BCUT2D eigenvalue weighted by Crippen LogP contribution is 2.06. The van der Waals surface area contributed by atoms with Gasteiger partial charge in [-0.25, -0.2) is 4.39 Å². The molecule has 0 aromatic heterocycles. The minimum Gasteiger partial charge on any atom is -0.314 e. The van der Waals surface area contributed by atoms with E-state index in [9.17, 15) is 4.39 Å². The van der Waals surface area contributed by atoms with Crippen LogP contribution in [0.2, 0.25) is 0 Å². The quantitative estimate of drug-likeness (QED) is 0.765. The van der Waals surface area contributed by atoms with Crippen molar-refractivity contribution in [2.45, 2.75) is 32.2 Å². The first kappa shape index (κ1) is 15.1. The first-order valence-electron chi connectivity index (χ1n) is 6.71. The summed E-state index contributed by atoms with van der Waals surface area (Å²) in [5, 5.41) is 3.45. The smallest absolute Gasteiger partial charge is 0.126 e. The Morgan fingerprint density at radius 3 is 2.67 bits per heavy atom. The fourth-order valence-electron chi connectivity index (χ4n) is 1.97. The molecular formula is C15H25FN2. The predicted molar refractivity (Wildman–Crippen MR) is 75.4 cm³/mol. The Balaban J connectivity index is 2.15. The molecule has 1 N–H and O–H groups in total. The van der Waals surface area contributed by atoms with Gasteiger partial charge >= 0.3 is 0 Å². The van der Waals surface area contributed by atoms with Gasteiger partial charge < -0.3 is 10.2 Å². The molecule has 0 aliphatic heterocycles. The normalized spacial score (nSPS) is 12.9. The molecule has 1 atom stereocenters. The lowest BCUT2D eigenvalue weighted by molar-refractivity contribution is 0.376. The molecule has 0 saturated carbocycles. The second-order valence-corrected chi connectivity index (χ2v) is 5.14. The lowest BCUT2D eigenvalue weighted by atomic mass is 10.1. The van der Waals surface area contributed by atoms with E-state index in [1.54, 1.807) is 6.07 Å². The third-order valence-corrected chi connectivity index (χ3v) is 3.09. The lowest BCUT2D eigenvalue weighted by Gasteiger charge is -2.15. The molecule has 1 aromatic carbocycles. The zero-order chi connectivity index (χ0) is 13.4. The van der Waals surface area contributed by atoms with Gasteiger partial charge in [0.2, 0.25) is 0 Å². The van der Waals surface area contributed by atoms with Gasteiger partial charge in [-0.1, -0.05) is 18.2 Å². The summed E-state index contributed by atoms with van der Waals surface area (Å²) < 4.78 is 13.4. The number of hydrogen-bond acceptors (Lipinski definition) is 2. The molecule has 0 saturated heterocycles. The highest BCUT2D eigenvalue weighted by molar-refractivity contribution is 5.17. The molecular weight excluding hydrogens is 227 g/mol. The van der Waals surface area contributed by atoms with Gasteiger partial charge in [-0.3, -0.25) is 0 Å². The average Bonchev–Trinajstić information content (AvgIpc) is 2.31. The Bertz CT molecular complexity index is 339. The molecule has 18 heavy (non-hydrogen) atoms. The van der Waals surface area contributed by atoms with Crippen molar-refractivity contribution in [2.24, 2.45) is 0 Å². The van der Waals surface area contributed by atoms with Gasteiger partial charge in [0.05, 0.1) is 0 Å². The Kier molecular flexibility index (Phi) is 6.91. The van der Waals surface area contributed by atoms with Crippen LogP contribution in [0.15, 0.2) is 24.3 Å². The first-order chi connectivity index (χ1) is 8.59. The minimum atomic E-state index is -0.0976. The lowest BCUT2D eigenvalue weighted by Crippen LogP contribution is -2.29. The van der Waals surface area contributed by atoms with Gasteiger partial charge in [0.25, 0.3) is 0 Å². The van der Waals surface area contributed by atoms with E-state index in [1.165, 1.54) is 12.5 Å². The molecule has 1 rings (SSSR count). The highest BCUT2D eigenvalue weighted by Gasteiger charge is 2.03. The molecule has 0 heterocycles. The molecule has 0 bridgehead atoms. The number of halogens is 1. The number of hydrogen-bond donors (Lipinski definition) is 1. The van der Waals surface area contributed by atoms with Crippen LogP contribution in [0.5, 0.6) is 0 Å². The maximum atomic E-state index is 13.4. The van der Waals surface area contributed by atoms with Gasteiger partial charge in [-0.05, 0) is 65.0 Å². The molecule has 0 amide bonds. The van der Waals surface area contributed by atoms with Crippen LogP contribution in [0.4, 0.5) is 4.39 Å². The largest absolute Gasteiger partial charge is 0.314 e. The summed E-state index contributed by atoms with van der Waals surface area (Å²) in [6.45, 7) is 4.15. The zero-order valence-electron chi connectivity index (χ0n) is 11.7. The van der Waals surface area contributed by atoms with Crippen LogP contribution in [-0.2, 0) is 6.42 Å². The van der Waals surface area contributed by atoms with E-state index in [4.69, 9.17) is 0 Å². The van der Waals surface area contributed by atoms with E-state index < -0.39 is 0 Å². The Morgan fingerprint density at radius 2 is 2.00 bits per heavy atom. The molecule has 102 valence electrons. The topological polar surface area (TPSA) is 15.3 Å². The van der Waals surface area contributed by atoms with Gasteiger partial charge in [0.1, 0.15) is 5.82 Å². The molecule has 0 aliphatic carbocycles. The second kappa shape index (κ2) is 8.22. The fourth-order valence-corrected chi connectivity index (χ4v) is 1.97. The molecule has 0 unspecified atom stereocenters.